The van der Waals surface area contributed by atoms with Gasteiger partial charge in [0, 0.05) is 24.7 Å². The molecular formula is C21H21FN2O4S. The Morgan fingerprint density at radius 3 is 2.41 bits per heavy atom. The quantitative estimate of drug-likeness (QED) is 0.486. The van der Waals surface area contributed by atoms with Crippen molar-refractivity contribution in [2.45, 2.75) is 25.3 Å². The van der Waals surface area contributed by atoms with Gasteiger partial charge >= 0.3 is 5.97 Å². The van der Waals surface area contributed by atoms with E-state index in [1.807, 2.05) is 6.07 Å². The van der Waals surface area contributed by atoms with Crippen LogP contribution in [-0.2, 0) is 26.2 Å². The standard InChI is InChI=1S/C21H21FN2O4S/c1-3-24(4-2)29(26,27)19-9-5-16(6-10-19)8-12-21(25)28-15-18-13-17(14-23)7-11-20(18)22/h5-13H,3-4,15H2,1-2H3/b12-8+. The monoisotopic (exact) mass is 416 g/mol. The molecule has 152 valence electrons. The molecule has 6 nitrogen and oxygen atoms in total. The van der Waals surface area contributed by atoms with E-state index in [1.54, 1.807) is 26.0 Å². The molecule has 0 aliphatic heterocycles. The van der Waals surface area contributed by atoms with Crippen LogP contribution in [0.2, 0.25) is 0 Å². The van der Waals surface area contributed by atoms with Crippen LogP contribution in [0.5, 0.6) is 0 Å². The summed E-state index contributed by atoms with van der Waals surface area (Å²) < 4.78 is 44.9. The molecule has 2 aromatic carbocycles. The van der Waals surface area contributed by atoms with Gasteiger partial charge in [-0.3, -0.25) is 0 Å². The highest BCUT2D eigenvalue weighted by Crippen LogP contribution is 2.17. The summed E-state index contributed by atoms with van der Waals surface area (Å²) in [5, 5.41) is 8.84. The lowest BCUT2D eigenvalue weighted by atomic mass is 10.1. The first-order valence-electron chi connectivity index (χ1n) is 8.95. The second kappa shape index (κ2) is 9.96. The van der Waals surface area contributed by atoms with Crippen molar-refractivity contribution in [3.8, 4) is 6.07 Å². The van der Waals surface area contributed by atoms with Crippen LogP contribution < -0.4 is 0 Å². The van der Waals surface area contributed by atoms with E-state index in [0.29, 0.717) is 18.7 Å². The van der Waals surface area contributed by atoms with Crippen molar-refractivity contribution in [1.82, 2.24) is 4.31 Å². The molecule has 0 amide bonds. The molecule has 0 saturated carbocycles. The fourth-order valence-electron chi connectivity index (χ4n) is 2.58. The third-order valence-electron chi connectivity index (χ3n) is 4.18. The highest BCUT2D eigenvalue weighted by atomic mass is 32.2. The van der Waals surface area contributed by atoms with Gasteiger partial charge in [0.05, 0.1) is 16.5 Å². The summed E-state index contributed by atoms with van der Waals surface area (Å²) in [6.45, 7) is 4.00. The normalized spacial score (nSPS) is 11.6. The first kappa shape index (κ1) is 22.3. The van der Waals surface area contributed by atoms with Crippen molar-refractivity contribution in [2.75, 3.05) is 13.1 Å². The molecular weight excluding hydrogens is 395 g/mol. The van der Waals surface area contributed by atoms with Crippen molar-refractivity contribution >= 4 is 22.1 Å². The highest BCUT2D eigenvalue weighted by molar-refractivity contribution is 7.89. The highest BCUT2D eigenvalue weighted by Gasteiger charge is 2.20. The second-order valence-corrected chi connectivity index (χ2v) is 7.96. The summed E-state index contributed by atoms with van der Waals surface area (Å²) >= 11 is 0. The minimum atomic E-state index is -3.54. The first-order valence-corrected chi connectivity index (χ1v) is 10.4. The maximum absolute atomic E-state index is 13.7. The van der Waals surface area contributed by atoms with Crippen LogP contribution in [0.15, 0.2) is 53.4 Å². The van der Waals surface area contributed by atoms with E-state index < -0.39 is 21.8 Å². The van der Waals surface area contributed by atoms with E-state index in [4.69, 9.17) is 10.00 Å². The van der Waals surface area contributed by atoms with E-state index >= 15 is 0 Å². The zero-order valence-electron chi connectivity index (χ0n) is 16.1. The average molecular weight is 416 g/mol. The molecule has 0 radical (unpaired) electrons. The molecule has 0 fully saturated rings. The summed E-state index contributed by atoms with van der Waals surface area (Å²) in [6.07, 6.45) is 2.64. The summed E-state index contributed by atoms with van der Waals surface area (Å²) in [5.41, 5.74) is 0.989. The number of hydrogen-bond acceptors (Lipinski definition) is 5. The molecule has 0 unspecified atom stereocenters. The smallest absolute Gasteiger partial charge is 0.331 e. The molecule has 2 aromatic rings. The van der Waals surface area contributed by atoms with Gasteiger partial charge in [0.15, 0.2) is 0 Å². The number of nitriles is 1. The Morgan fingerprint density at radius 2 is 1.83 bits per heavy atom. The Morgan fingerprint density at radius 1 is 1.17 bits per heavy atom. The largest absolute Gasteiger partial charge is 0.458 e. The maximum atomic E-state index is 13.7. The number of carbonyl (C=O) groups is 1. The SMILES string of the molecule is CCN(CC)S(=O)(=O)c1ccc(/C=C/C(=O)OCc2cc(C#N)ccc2F)cc1. The van der Waals surface area contributed by atoms with Gasteiger partial charge in [-0.1, -0.05) is 26.0 Å². The molecule has 8 heteroatoms. The van der Waals surface area contributed by atoms with Crippen molar-refractivity contribution in [1.29, 1.82) is 5.26 Å². The zero-order valence-corrected chi connectivity index (χ0v) is 16.9. The van der Waals surface area contributed by atoms with Crippen LogP contribution in [0.4, 0.5) is 4.39 Å². The molecule has 2 rings (SSSR count). The Labute approximate surface area is 169 Å². The molecule has 0 N–H and O–H groups in total. The Hall–Kier alpha value is -3.02. The van der Waals surface area contributed by atoms with Crippen LogP contribution in [0, 0.1) is 17.1 Å². The van der Waals surface area contributed by atoms with Crippen LogP contribution in [-0.4, -0.2) is 31.8 Å². The van der Waals surface area contributed by atoms with Gasteiger partial charge < -0.3 is 4.74 Å². The van der Waals surface area contributed by atoms with Crippen LogP contribution in [0.25, 0.3) is 6.08 Å². The third kappa shape index (κ3) is 5.73. The number of hydrogen-bond donors (Lipinski definition) is 0. The van der Waals surface area contributed by atoms with Gasteiger partial charge in [-0.15, -0.1) is 0 Å². The van der Waals surface area contributed by atoms with Gasteiger partial charge in [0.25, 0.3) is 0 Å². The van der Waals surface area contributed by atoms with Crippen molar-refractivity contribution in [3.63, 3.8) is 0 Å². The number of esters is 1. The molecule has 0 atom stereocenters. The summed E-state index contributed by atoms with van der Waals surface area (Å²) in [7, 11) is -3.54. The number of rotatable bonds is 8. The zero-order chi connectivity index (χ0) is 21.4. The van der Waals surface area contributed by atoms with Crippen LogP contribution >= 0.6 is 0 Å². The van der Waals surface area contributed by atoms with E-state index in [9.17, 15) is 17.6 Å². The summed E-state index contributed by atoms with van der Waals surface area (Å²) in [5.74, 6) is -1.25. The lowest BCUT2D eigenvalue weighted by Crippen LogP contribution is -2.30. The summed E-state index contributed by atoms with van der Waals surface area (Å²) in [4.78, 5) is 12.0. The van der Waals surface area contributed by atoms with Gasteiger partial charge in [-0.25, -0.2) is 17.6 Å². The molecule has 0 aromatic heterocycles. The average Bonchev–Trinajstić information content (AvgIpc) is 2.72. The Kier molecular flexibility index (Phi) is 7.65. The van der Waals surface area contributed by atoms with E-state index in [1.165, 1.54) is 40.7 Å². The number of sulfonamides is 1. The number of benzene rings is 2. The van der Waals surface area contributed by atoms with E-state index in [0.717, 1.165) is 6.07 Å². The first-order chi connectivity index (χ1) is 13.8. The number of ether oxygens (including phenoxy) is 1. The van der Waals surface area contributed by atoms with Gasteiger partial charge in [-0.05, 0) is 42.0 Å². The van der Waals surface area contributed by atoms with Gasteiger partial charge in [-0.2, -0.15) is 9.57 Å². The topological polar surface area (TPSA) is 87.5 Å². The molecule has 0 heterocycles. The van der Waals surface area contributed by atoms with Crippen LogP contribution in [0.3, 0.4) is 0 Å². The molecule has 0 aliphatic carbocycles. The minimum Gasteiger partial charge on any atom is -0.458 e. The Balaban J connectivity index is 2.01. The molecule has 0 spiro atoms. The van der Waals surface area contributed by atoms with Gasteiger partial charge in [0.2, 0.25) is 10.0 Å². The second-order valence-electron chi connectivity index (χ2n) is 6.02. The van der Waals surface area contributed by atoms with Crippen molar-refractivity contribution in [2.24, 2.45) is 0 Å². The lowest BCUT2D eigenvalue weighted by Gasteiger charge is -2.18. The molecule has 0 saturated heterocycles. The van der Waals surface area contributed by atoms with Gasteiger partial charge in [0.1, 0.15) is 12.4 Å². The predicted molar refractivity (Wildman–Crippen MR) is 106 cm³/mol. The predicted octanol–water partition coefficient (Wildman–Crippen LogP) is 3.48. The van der Waals surface area contributed by atoms with Crippen LogP contribution in [0.1, 0.15) is 30.5 Å². The maximum Gasteiger partial charge on any atom is 0.331 e. The number of carbonyl (C=O) groups excluding carboxylic acids is 1. The molecule has 29 heavy (non-hydrogen) atoms. The number of nitrogens with zero attached hydrogens (tertiary/aromatic N) is 2. The summed E-state index contributed by atoms with van der Waals surface area (Å²) in [6, 6.07) is 11.8. The van der Waals surface area contributed by atoms with Crippen molar-refractivity contribution < 1.29 is 22.3 Å². The minimum absolute atomic E-state index is 0.108. The van der Waals surface area contributed by atoms with E-state index in [2.05, 4.69) is 0 Å². The fraction of sp³-hybridized carbons (Fsp3) is 0.238. The van der Waals surface area contributed by atoms with E-state index in [-0.39, 0.29) is 22.6 Å². The lowest BCUT2D eigenvalue weighted by molar-refractivity contribution is -0.138. The molecule has 0 aliphatic rings. The molecule has 0 bridgehead atoms. The fourth-order valence-corrected chi connectivity index (χ4v) is 4.04. The third-order valence-corrected chi connectivity index (χ3v) is 6.24. The number of halogens is 1. The van der Waals surface area contributed by atoms with Crippen molar-refractivity contribution in [3.05, 3.63) is 71.0 Å². The Bertz CT molecular complexity index is 1040.